The summed E-state index contributed by atoms with van der Waals surface area (Å²) in [6.45, 7) is 0. The first-order valence-corrected chi connectivity index (χ1v) is 13.3. The lowest BCUT2D eigenvalue weighted by Crippen LogP contribution is -2.18. The van der Waals surface area contributed by atoms with Crippen molar-refractivity contribution < 1.29 is 24.0 Å². The second-order valence-corrected chi connectivity index (χ2v) is 9.88. The van der Waals surface area contributed by atoms with Crippen LogP contribution >= 0.6 is 27.5 Å². The van der Waals surface area contributed by atoms with Gasteiger partial charge in [-0.25, -0.2) is 10.2 Å². The van der Waals surface area contributed by atoms with Crippen molar-refractivity contribution in [1.82, 2.24) is 5.43 Å². The fourth-order valence-electron chi connectivity index (χ4n) is 3.53. The summed E-state index contributed by atoms with van der Waals surface area (Å²) in [5.41, 5.74) is 4.19. The minimum absolute atomic E-state index is 0.103. The Morgan fingerprint density at radius 3 is 2.43 bits per heavy atom. The van der Waals surface area contributed by atoms with Crippen LogP contribution < -0.4 is 15.5 Å². The van der Waals surface area contributed by atoms with Crippen molar-refractivity contribution in [3.63, 3.8) is 0 Å². The van der Waals surface area contributed by atoms with Crippen LogP contribution in [0.25, 0.3) is 6.08 Å². The molecule has 4 aromatic carbocycles. The Balaban J connectivity index is 1.40. The Labute approximate surface area is 252 Å². The van der Waals surface area contributed by atoms with E-state index in [1.807, 2.05) is 0 Å². The van der Waals surface area contributed by atoms with Gasteiger partial charge in [-0.2, -0.15) is 5.10 Å². The lowest BCUT2D eigenvalue weighted by atomic mass is 10.1. The van der Waals surface area contributed by atoms with E-state index < -0.39 is 16.8 Å². The van der Waals surface area contributed by atoms with E-state index in [0.717, 1.165) is 6.08 Å². The van der Waals surface area contributed by atoms with Crippen LogP contribution in [-0.4, -0.2) is 28.9 Å². The van der Waals surface area contributed by atoms with Crippen molar-refractivity contribution in [2.24, 2.45) is 5.10 Å². The summed E-state index contributed by atoms with van der Waals surface area (Å²) in [6, 6.07) is 23.3. The van der Waals surface area contributed by atoms with Crippen LogP contribution in [0.4, 0.5) is 11.4 Å². The molecule has 42 heavy (non-hydrogen) atoms. The van der Waals surface area contributed by atoms with Gasteiger partial charge in [-0.05, 0) is 72.3 Å². The van der Waals surface area contributed by atoms with Crippen LogP contribution in [0.2, 0.25) is 5.02 Å². The topological polar surface area (TPSA) is 140 Å². The molecule has 0 saturated carbocycles. The minimum atomic E-state index is -0.722. The Bertz CT molecular complexity index is 1720. The van der Waals surface area contributed by atoms with Gasteiger partial charge in [0.05, 0.1) is 11.1 Å². The maximum Gasteiger partial charge on any atom is 0.336 e. The smallest absolute Gasteiger partial charge is 0.336 e. The number of non-ortho nitro benzene ring substituents is 1. The number of nitro groups is 1. The van der Waals surface area contributed by atoms with Gasteiger partial charge in [-0.15, -0.1) is 0 Å². The number of hydrogen-bond acceptors (Lipinski definition) is 7. The number of carbonyl (C=O) groups is 3. The second-order valence-electron chi connectivity index (χ2n) is 8.53. The van der Waals surface area contributed by atoms with Crippen LogP contribution in [0, 0.1) is 10.1 Å². The maximum atomic E-state index is 12.7. The summed E-state index contributed by atoms with van der Waals surface area (Å²) >= 11 is 9.21. The normalized spacial score (nSPS) is 10.9. The number of nitrogens with one attached hydrogen (secondary N) is 2. The fourth-order valence-corrected chi connectivity index (χ4v) is 4.03. The standard InChI is InChI=1S/C30H20BrClN4O6/c31-23-10-13-27(42-28(37)14-7-19-3-1-6-26(15-19)36(40)41)22(16-23)18-33-35-30(39)21-4-2-5-25(17-21)34-29(38)20-8-11-24(32)12-9-20/h1-18H,(H,34,38)(H,35,39)/b14-7+,33-18?. The Morgan fingerprint density at radius 2 is 1.67 bits per heavy atom. The largest absolute Gasteiger partial charge is 0.423 e. The molecule has 0 aliphatic rings. The third kappa shape index (κ3) is 8.43. The SMILES string of the molecule is O=C(/C=C/c1cccc([N+](=O)[O-])c1)Oc1ccc(Br)cc1C=NNC(=O)c1cccc(NC(=O)c2ccc(Cl)cc2)c1. The predicted molar refractivity (Wildman–Crippen MR) is 163 cm³/mol. The summed E-state index contributed by atoms with van der Waals surface area (Å²) in [5, 5.41) is 18.2. The molecule has 2 N–H and O–H groups in total. The zero-order chi connectivity index (χ0) is 30.1. The van der Waals surface area contributed by atoms with Crippen molar-refractivity contribution in [3.05, 3.63) is 139 Å². The van der Waals surface area contributed by atoms with E-state index in [-0.39, 0.29) is 22.9 Å². The molecule has 10 nitrogen and oxygen atoms in total. The molecule has 0 unspecified atom stereocenters. The molecular weight excluding hydrogens is 628 g/mol. The average Bonchev–Trinajstić information content (AvgIpc) is 2.98. The maximum absolute atomic E-state index is 12.7. The number of hydrogen-bond donors (Lipinski definition) is 2. The fraction of sp³-hybridized carbons (Fsp3) is 0. The lowest BCUT2D eigenvalue weighted by Gasteiger charge is -2.08. The van der Waals surface area contributed by atoms with E-state index in [4.69, 9.17) is 16.3 Å². The first kappa shape index (κ1) is 29.8. The van der Waals surface area contributed by atoms with E-state index in [1.54, 1.807) is 66.7 Å². The van der Waals surface area contributed by atoms with Crippen LogP contribution in [0.15, 0.2) is 107 Å². The van der Waals surface area contributed by atoms with Crippen molar-refractivity contribution in [3.8, 4) is 5.75 Å². The van der Waals surface area contributed by atoms with E-state index in [2.05, 4.69) is 31.8 Å². The Hall–Kier alpha value is -5.13. The van der Waals surface area contributed by atoms with Gasteiger partial charge in [0, 0.05) is 50.1 Å². The van der Waals surface area contributed by atoms with Crippen LogP contribution in [-0.2, 0) is 4.79 Å². The molecule has 0 spiro atoms. The number of esters is 1. The summed E-state index contributed by atoms with van der Waals surface area (Å²) in [7, 11) is 0. The molecular formula is C30H20BrClN4O6. The molecule has 12 heteroatoms. The van der Waals surface area contributed by atoms with E-state index in [1.165, 1.54) is 36.6 Å². The Morgan fingerprint density at radius 1 is 0.905 bits per heavy atom. The number of amides is 2. The molecule has 2 amide bonds. The summed E-state index contributed by atoms with van der Waals surface area (Å²) in [4.78, 5) is 48.0. The van der Waals surface area contributed by atoms with Gasteiger partial charge in [0.15, 0.2) is 0 Å². The van der Waals surface area contributed by atoms with Crippen molar-refractivity contribution in [2.45, 2.75) is 0 Å². The van der Waals surface area contributed by atoms with Crippen LogP contribution in [0.1, 0.15) is 31.8 Å². The molecule has 0 aliphatic heterocycles. The summed E-state index contributed by atoms with van der Waals surface area (Å²) in [5.74, 6) is -1.46. The number of halogens is 2. The highest BCUT2D eigenvalue weighted by Gasteiger charge is 2.11. The molecule has 0 bridgehead atoms. The van der Waals surface area contributed by atoms with Gasteiger partial charge in [-0.1, -0.05) is 45.7 Å². The number of rotatable bonds is 9. The van der Waals surface area contributed by atoms with Crippen molar-refractivity contribution >= 4 is 69.0 Å². The van der Waals surface area contributed by atoms with Gasteiger partial charge in [-0.3, -0.25) is 19.7 Å². The zero-order valence-electron chi connectivity index (χ0n) is 21.5. The predicted octanol–water partition coefficient (Wildman–Crippen LogP) is 6.65. The molecule has 0 aliphatic carbocycles. The average molecular weight is 648 g/mol. The van der Waals surface area contributed by atoms with E-state index >= 15 is 0 Å². The summed E-state index contributed by atoms with van der Waals surface area (Å²) < 4.78 is 6.08. The molecule has 4 rings (SSSR count). The quantitative estimate of drug-likeness (QED) is 0.0521. The number of hydrazone groups is 1. The molecule has 0 saturated heterocycles. The Kier molecular flexibility index (Phi) is 9.93. The van der Waals surface area contributed by atoms with Crippen molar-refractivity contribution in [2.75, 3.05) is 5.32 Å². The van der Waals surface area contributed by atoms with Crippen LogP contribution in [0.5, 0.6) is 5.75 Å². The molecule has 4 aromatic rings. The third-order valence-electron chi connectivity index (χ3n) is 5.53. The highest BCUT2D eigenvalue weighted by atomic mass is 79.9. The number of ether oxygens (including phenoxy) is 1. The first-order chi connectivity index (χ1) is 20.2. The van der Waals surface area contributed by atoms with Gasteiger partial charge >= 0.3 is 5.97 Å². The second kappa shape index (κ2) is 14.0. The number of anilines is 1. The van der Waals surface area contributed by atoms with Crippen molar-refractivity contribution in [1.29, 1.82) is 0 Å². The number of carbonyl (C=O) groups excluding carboxylic acids is 3. The highest BCUT2D eigenvalue weighted by Crippen LogP contribution is 2.23. The lowest BCUT2D eigenvalue weighted by molar-refractivity contribution is -0.384. The highest BCUT2D eigenvalue weighted by molar-refractivity contribution is 9.10. The van der Waals surface area contributed by atoms with Gasteiger partial charge in [0.1, 0.15) is 5.75 Å². The van der Waals surface area contributed by atoms with E-state index in [9.17, 15) is 24.5 Å². The van der Waals surface area contributed by atoms with Crippen LogP contribution in [0.3, 0.4) is 0 Å². The van der Waals surface area contributed by atoms with Gasteiger partial charge in [0.25, 0.3) is 17.5 Å². The third-order valence-corrected chi connectivity index (χ3v) is 6.28. The monoisotopic (exact) mass is 646 g/mol. The number of benzene rings is 4. The molecule has 0 radical (unpaired) electrons. The molecule has 0 atom stereocenters. The molecule has 0 heterocycles. The molecule has 210 valence electrons. The zero-order valence-corrected chi connectivity index (χ0v) is 23.8. The number of nitrogens with zero attached hydrogens (tertiary/aromatic N) is 2. The number of nitro benzene ring substituents is 1. The van der Waals surface area contributed by atoms with Gasteiger partial charge in [0.2, 0.25) is 0 Å². The summed E-state index contributed by atoms with van der Waals surface area (Å²) in [6.07, 6.45) is 3.85. The molecule has 0 aromatic heterocycles. The van der Waals surface area contributed by atoms with E-state index in [0.29, 0.717) is 31.9 Å². The minimum Gasteiger partial charge on any atom is -0.423 e. The molecule has 0 fully saturated rings. The van der Waals surface area contributed by atoms with Gasteiger partial charge < -0.3 is 10.1 Å². The first-order valence-electron chi connectivity index (χ1n) is 12.1.